The van der Waals surface area contributed by atoms with E-state index < -0.39 is 29.7 Å². The molecule has 2 N–H and O–H groups in total. The molecule has 0 bridgehead atoms. The second-order valence-electron chi connectivity index (χ2n) is 3.42. The number of halogens is 3. The number of rotatable bonds is 5. The smallest absolute Gasteiger partial charge is 0.494 e. The van der Waals surface area contributed by atoms with Gasteiger partial charge in [0, 0.05) is 5.56 Å². The molecule has 0 aliphatic heterocycles. The van der Waals surface area contributed by atoms with Crippen LogP contribution in [0.4, 0.5) is 13.2 Å². The van der Waals surface area contributed by atoms with E-state index in [2.05, 4.69) is 4.74 Å². The minimum Gasteiger partial charge on any atom is -0.494 e. The summed E-state index contributed by atoms with van der Waals surface area (Å²) >= 11 is 0. The third-order valence-corrected chi connectivity index (χ3v) is 2.05. The lowest BCUT2D eigenvalue weighted by Gasteiger charge is -2.16. The highest BCUT2D eigenvalue weighted by Gasteiger charge is 2.34. The van der Waals surface area contributed by atoms with Gasteiger partial charge in [-0.25, -0.2) is 4.79 Å². The standard InChI is InChI=1S/C11H11F3O5/c1-2-18-6-3-4-8(19-11(12,13)14)7(5-6)9(15)10(16)17/h3-5,9,15H,2H2,1H3,(H,16,17). The fraction of sp³-hybridized carbons (Fsp3) is 0.364. The van der Waals surface area contributed by atoms with Crippen molar-refractivity contribution in [2.75, 3.05) is 6.61 Å². The van der Waals surface area contributed by atoms with Crippen molar-refractivity contribution in [3.8, 4) is 11.5 Å². The van der Waals surface area contributed by atoms with Crippen molar-refractivity contribution in [2.45, 2.75) is 19.4 Å². The van der Waals surface area contributed by atoms with Gasteiger partial charge in [0.05, 0.1) is 6.61 Å². The average molecular weight is 280 g/mol. The minimum atomic E-state index is -4.99. The van der Waals surface area contributed by atoms with Gasteiger partial charge in [-0.3, -0.25) is 0 Å². The Kier molecular flexibility index (Phi) is 4.60. The lowest BCUT2D eigenvalue weighted by Crippen LogP contribution is -2.20. The first-order valence-corrected chi connectivity index (χ1v) is 5.18. The Morgan fingerprint density at radius 1 is 1.42 bits per heavy atom. The number of carbonyl (C=O) groups is 1. The van der Waals surface area contributed by atoms with Gasteiger partial charge in [0.15, 0.2) is 6.10 Å². The molecule has 1 unspecified atom stereocenters. The lowest BCUT2D eigenvalue weighted by atomic mass is 10.1. The molecule has 1 aromatic carbocycles. The highest BCUT2D eigenvalue weighted by molar-refractivity contribution is 5.75. The van der Waals surface area contributed by atoms with Crippen molar-refractivity contribution >= 4 is 5.97 Å². The summed E-state index contributed by atoms with van der Waals surface area (Å²) in [7, 11) is 0. The van der Waals surface area contributed by atoms with Gasteiger partial charge in [-0.15, -0.1) is 13.2 Å². The number of ether oxygens (including phenoxy) is 2. The van der Waals surface area contributed by atoms with E-state index in [1.165, 1.54) is 6.07 Å². The molecule has 0 amide bonds. The first-order chi connectivity index (χ1) is 8.74. The summed E-state index contributed by atoms with van der Waals surface area (Å²) in [6.45, 7) is 1.88. The summed E-state index contributed by atoms with van der Waals surface area (Å²) < 4.78 is 45.1. The molecular weight excluding hydrogens is 269 g/mol. The SMILES string of the molecule is CCOc1ccc(OC(F)(F)F)c(C(O)C(=O)O)c1. The first kappa shape index (κ1) is 15.1. The second kappa shape index (κ2) is 5.79. The normalized spacial score (nSPS) is 12.9. The van der Waals surface area contributed by atoms with Crippen molar-refractivity contribution in [1.29, 1.82) is 0 Å². The third-order valence-electron chi connectivity index (χ3n) is 2.05. The molecule has 1 rings (SSSR count). The summed E-state index contributed by atoms with van der Waals surface area (Å²) in [5, 5.41) is 18.0. The van der Waals surface area contributed by atoms with Gasteiger partial charge in [0.25, 0.3) is 0 Å². The summed E-state index contributed by atoms with van der Waals surface area (Å²) in [4.78, 5) is 10.7. The van der Waals surface area contributed by atoms with Crippen LogP contribution >= 0.6 is 0 Å². The predicted molar refractivity (Wildman–Crippen MR) is 56.9 cm³/mol. The molecule has 0 fully saturated rings. The van der Waals surface area contributed by atoms with Crippen LogP contribution in [0.25, 0.3) is 0 Å². The maximum atomic E-state index is 12.2. The number of aliphatic hydroxyl groups excluding tert-OH is 1. The number of hydrogen-bond donors (Lipinski definition) is 2. The van der Waals surface area contributed by atoms with Crippen LogP contribution in [0, 0.1) is 0 Å². The van der Waals surface area contributed by atoms with E-state index in [1.807, 2.05) is 0 Å². The van der Waals surface area contributed by atoms with E-state index in [1.54, 1.807) is 6.92 Å². The monoisotopic (exact) mass is 280 g/mol. The summed E-state index contributed by atoms with van der Waals surface area (Å²) in [5.41, 5.74) is -0.532. The molecule has 1 atom stereocenters. The Morgan fingerprint density at radius 2 is 2.05 bits per heavy atom. The zero-order chi connectivity index (χ0) is 14.6. The van der Waals surface area contributed by atoms with Crippen LogP contribution in [0.3, 0.4) is 0 Å². The third kappa shape index (κ3) is 4.32. The second-order valence-corrected chi connectivity index (χ2v) is 3.42. The maximum Gasteiger partial charge on any atom is 0.573 e. The largest absolute Gasteiger partial charge is 0.573 e. The number of benzene rings is 1. The van der Waals surface area contributed by atoms with Gasteiger partial charge < -0.3 is 19.7 Å². The van der Waals surface area contributed by atoms with E-state index in [9.17, 15) is 23.1 Å². The molecule has 0 radical (unpaired) electrons. The molecule has 0 saturated heterocycles. The van der Waals surface area contributed by atoms with Crippen LogP contribution in [0.1, 0.15) is 18.6 Å². The Balaban J connectivity index is 3.18. The van der Waals surface area contributed by atoms with E-state index >= 15 is 0 Å². The van der Waals surface area contributed by atoms with Gasteiger partial charge in [-0.1, -0.05) is 0 Å². The number of aliphatic hydroxyl groups is 1. The van der Waals surface area contributed by atoms with Crippen LogP contribution in [0.15, 0.2) is 18.2 Å². The van der Waals surface area contributed by atoms with Crippen molar-refractivity contribution in [3.63, 3.8) is 0 Å². The molecule has 8 heteroatoms. The van der Waals surface area contributed by atoms with Gasteiger partial charge in [-0.2, -0.15) is 0 Å². The van der Waals surface area contributed by atoms with Gasteiger partial charge in [0.1, 0.15) is 11.5 Å². The highest BCUT2D eigenvalue weighted by Crippen LogP contribution is 2.33. The quantitative estimate of drug-likeness (QED) is 0.863. The van der Waals surface area contributed by atoms with Crippen LogP contribution < -0.4 is 9.47 Å². The van der Waals surface area contributed by atoms with E-state index in [0.717, 1.165) is 12.1 Å². The molecule has 19 heavy (non-hydrogen) atoms. The molecular formula is C11H11F3O5. The molecule has 106 valence electrons. The Labute approximate surface area is 106 Å². The van der Waals surface area contributed by atoms with Crippen molar-refractivity contribution in [1.82, 2.24) is 0 Å². The van der Waals surface area contributed by atoms with Crippen molar-refractivity contribution in [2.24, 2.45) is 0 Å². The Hall–Kier alpha value is -1.96. The average Bonchev–Trinajstić information content (AvgIpc) is 2.28. The van der Waals surface area contributed by atoms with Crippen molar-refractivity contribution < 1.29 is 37.7 Å². The summed E-state index contributed by atoms with van der Waals surface area (Å²) in [6.07, 6.45) is -7.13. The fourth-order valence-corrected chi connectivity index (χ4v) is 1.35. The summed E-state index contributed by atoms with van der Waals surface area (Å²) in [5.74, 6) is -2.35. The number of hydrogen-bond acceptors (Lipinski definition) is 4. The zero-order valence-electron chi connectivity index (χ0n) is 9.77. The Bertz CT molecular complexity index is 458. The molecule has 0 spiro atoms. The topological polar surface area (TPSA) is 76.0 Å². The van der Waals surface area contributed by atoms with Gasteiger partial charge >= 0.3 is 12.3 Å². The van der Waals surface area contributed by atoms with Crippen LogP contribution in [0.5, 0.6) is 11.5 Å². The van der Waals surface area contributed by atoms with E-state index in [4.69, 9.17) is 9.84 Å². The fourth-order valence-electron chi connectivity index (χ4n) is 1.35. The molecule has 0 aliphatic rings. The zero-order valence-corrected chi connectivity index (χ0v) is 9.77. The van der Waals surface area contributed by atoms with E-state index in [-0.39, 0.29) is 12.4 Å². The molecule has 0 saturated carbocycles. The lowest BCUT2D eigenvalue weighted by molar-refractivity contribution is -0.275. The van der Waals surface area contributed by atoms with Crippen LogP contribution in [0.2, 0.25) is 0 Å². The summed E-state index contributed by atoms with van der Waals surface area (Å²) in [6, 6.07) is 3.06. The van der Waals surface area contributed by atoms with E-state index in [0.29, 0.717) is 0 Å². The predicted octanol–water partition coefficient (Wildman–Crippen LogP) is 2.10. The highest BCUT2D eigenvalue weighted by atomic mass is 19.4. The molecule has 0 heterocycles. The van der Waals surface area contributed by atoms with Crippen LogP contribution in [-0.4, -0.2) is 29.2 Å². The molecule has 5 nitrogen and oxygen atoms in total. The first-order valence-electron chi connectivity index (χ1n) is 5.18. The number of carboxylic acids is 1. The number of aliphatic carboxylic acids is 1. The van der Waals surface area contributed by atoms with Gasteiger partial charge in [0.2, 0.25) is 0 Å². The molecule has 0 aliphatic carbocycles. The molecule has 1 aromatic rings. The molecule has 0 aromatic heterocycles. The number of carboxylic acid groups (broad SMARTS) is 1. The van der Waals surface area contributed by atoms with Crippen molar-refractivity contribution in [3.05, 3.63) is 23.8 Å². The minimum absolute atomic E-state index is 0.132. The Morgan fingerprint density at radius 3 is 2.53 bits per heavy atom. The van der Waals surface area contributed by atoms with Crippen LogP contribution in [-0.2, 0) is 4.79 Å². The van der Waals surface area contributed by atoms with Gasteiger partial charge in [-0.05, 0) is 25.1 Å². The maximum absolute atomic E-state index is 12.2. The number of alkyl halides is 3.